The lowest BCUT2D eigenvalue weighted by atomic mass is 10.1. The highest BCUT2D eigenvalue weighted by Crippen LogP contribution is 2.40. The van der Waals surface area contributed by atoms with Crippen LogP contribution in [0.4, 0.5) is 11.6 Å². The Hall–Kier alpha value is -3.19. The summed E-state index contributed by atoms with van der Waals surface area (Å²) in [6, 6.07) is 8.46. The first kappa shape index (κ1) is 27.8. The lowest BCUT2D eigenvalue weighted by Crippen LogP contribution is -2.01. The standard InChI is InChI=1S/C12H12N2O3S.C6H10N4.C2H6O2S/c1-13-14-11-10(18(2,16)17)7-8-5-3-4-6-9(8)12(11)15;1-4-8-5(2)10-6(7-3)9-4;1-5(2,3)4/h3-7,15H,1-2H3;1-3H3,(H,7,8,9,10);1-2H3. The molecule has 0 radical (unpaired) electrons. The topological polar surface area (TPSA) is 164 Å². The molecule has 180 valence electrons. The van der Waals surface area contributed by atoms with Gasteiger partial charge < -0.3 is 10.4 Å². The number of hydrogen-bond donors (Lipinski definition) is 2. The molecule has 0 aliphatic heterocycles. The summed E-state index contributed by atoms with van der Waals surface area (Å²) in [5.41, 5.74) is -0.0151. The number of nitrogens with one attached hydrogen (secondary N) is 1. The lowest BCUT2D eigenvalue weighted by molar-refractivity contribution is 0.480. The molecule has 0 spiro atoms. The number of phenolic OH excluding ortho intramolecular Hbond substituents is 1. The van der Waals surface area contributed by atoms with Gasteiger partial charge in [-0.1, -0.05) is 24.3 Å². The molecule has 0 saturated carbocycles. The van der Waals surface area contributed by atoms with E-state index in [9.17, 15) is 21.9 Å². The zero-order valence-corrected chi connectivity index (χ0v) is 21.2. The van der Waals surface area contributed by atoms with Crippen LogP contribution < -0.4 is 5.32 Å². The van der Waals surface area contributed by atoms with Crippen LogP contribution in [0.5, 0.6) is 5.75 Å². The van der Waals surface area contributed by atoms with Crippen LogP contribution in [0.15, 0.2) is 45.5 Å². The van der Waals surface area contributed by atoms with Gasteiger partial charge in [-0.25, -0.2) is 21.8 Å². The van der Waals surface area contributed by atoms with Gasteiger partial charge in [-0.3, -0.25) is 0 Å². The minimum Gasteiger partial charge on any atom is -0.505 e. The third kappa shape index (κ3) is 9.45. The Kier molecular flexibility index (Phi) is 9.80. The maximum atomic E-state index is 11.7. The molecule has 13 heteroatoms. The molecule has 0 unspecified atom stereocenters. The fourth-order valence-corrected chi connectivity index (χ4v) is 3.33. The van der Waals surface area contributed by atoms with Crippen LogP contribution in [0.25, 0.3) is 10.8 Å². The third-order valence-corrected chi connectivity index (χ3v) is 4.75. The molecule has 0 fully saturated rings. The first-order chi connectivity index (χ1) is 15.2. The van der Waals surface area contributed by atoms with Crippen LogP contribution in [0.2, 0.25) is 0 Å². The number of aryl methyl sites for hydroxylation is 2. The van der Waals surface area contributed by atoms with Crippen LogP contribution >= 0.6 is 0 Å². The second-order valence-electron chi connectivity index (χ2n) is 7.01. The Morgan fingerprint density at radius 2 is 1.45 bits per heavy atom. The van der Waals surface area contributed by atoms with Crippen molar-refractivity contribution in [3.05, 3.63) is 42.0 Å². The van der Waals surface area contributed by atoms with Crippen molar-refractivity contribution in [1.29, 1.82) is 0 Å². The van der Waals surface area contributed by atoms with Gasteiger partial charge >= 0.3 is 0 Å². The van der Waals surface area contributed by atoms with Crippen LogP contribution in [-0.4, -0.2) is 69.8 Å². The number of rotatable bonds is 3. The van der Waals surface area contributed by atoms with Gasteiger partial charge in [-0.05, 0) is 25.3 Å². The first-order valence-electron chi connectivity index (χ1n) is 9.44. The van der Waals surface area contributed by atoms with Gasteiger partial charge in [0.2, 0.25) is 5.95 Å². The molecule has 11 nitrogen and oxygen atoms in total. The van der Waals surface area contributed by atoms with E-state index in [2.05, 4.69) is 30.5 Å². The van der Waals surface area contributed by atoms with E-state index in [1.54, 1.807) is 31.3 Å². The van der Waals surface area contributed by atoms with Crippen LogP contribution in [0.1, 0.15) is 11.6 Å². The van der Waals surface area contributed by atoms with Crippen molar-refractivity contribution in [2.45, 2.75) is 18.7 Å². The molecule has 1 heterocycles. The van der Waals surface area contributed by atoms with Gasteiger partial charge in [0.15, 0.2) is 15.6 Å². The van der Waals surface area contributed by atoms with E-state index in [1.165, 1.54) is 13.1 Å². The van der Waals surface area contributed by atoms with Gasteiger partial charge in [0, 0.05) is 38.2 Å². The molecule has 0 aliphatic carbocycles. The van der Waals surface area contributed by atoms with Crippen molar-refractivity contribution in [3.63, 3.8) is 0 Å². The largest absolute Gasteiger partial charge is 0.505 e. The Morgan fingerprint density at radius 1 is 0.939 bits per heavy atom. The fraction of sp³-hybridized carbons (Fsp3) is 0.350. The van der Waals surface area contributed by atoms with E-state index in [-0.39, 0.29) is 16.3 Å². The van der Waals surface area contributed by atoms with E-state index in [1.807, 2.05) is 13.8 Å². The number of benzene rings is 2. The highest BCUT2D eigenvalue weighted by Gasteiger charge is 2.19. The summed E-state index contributed by atoms with van der Waals surface area (Å²) in [7, 11) is -2.95. The first-order valence-corrected chi connectivity index (χ1v) is 13.6. The van der Waals surface area contributed by atoms with Gasteiger partial charge in [0.05, 0.1) is 4.90 Å². The Morgan fingerprint density at radius 3 is 1.91 bits per heavy atom. The molecule has 3 rings (SSSR count). The summed E-state index contributed by atoms with van der Waals surface area (Å²) in [6.07, 6.45) is 3.39. The molecule has 3 aromatic rings. The van der Waals surface area contributed by atoms with Gasteiger partial charge in [0.1, 0.15) is 27.2 Å². The number of aromatic hydroxyl groups is 1. The van der Waals surface area contributed by atoms with Crippen LogP contribution in [0.3, 0.4) is 0 Å². The number of nitrogens with zero attached hydrogens (tertiary/aromatic N) is 5. The molecular formula is C20H28N6O5S2. The minimum atomic E-state index is -3.48. The van der Waals surface area contributed by atoms with Crippen LogP contribution in [0, 0.1) is 13.8 Å². The number of sulfone groups is 2. The molecule has 0 aliphatic rings. The zero-order chi connectivity index (χ0) is 25.4. The Balaban J connectivity index is 0.000000304. The monoisotopic (exact) mass is 496 g/mol. The second-order valence-corrected chi connectivity index (χ2v) is 11.3. The number of fused-ring (bicyclic) bond motifs is 1. The van der Waals surface area contributed by atoms with Crippen LogP contribution in [-0.2, 0) is 19.7 Å². The van der Waals surface area contributed by atoms with Crippen molar-refractivity contribution in [2.24, 2.45) is 10.2 Å². The predicted octanol–water partition coefficient (Wildman–Crippen LogP) is 2.85. The number of aromatic nitrogens is 3. The number of anilines is 1. The van der Waals surface area contributed by atoms with Crippen molar-refractivity contribution in [1.82, 2.24) is 15.0 Å². The van der Waals surface area contributed by atoms with Crippen molar-refractivity contribution in [3.8, 4) is 5.75 Å². The molecule has 0 bridgehead atoms. The van der Waals surface area contributed by atoms with E-state index in [0.717, 1.165) is 30.4 Å². The van der Waals surface area contributed by atoms with E-state index >= 15 is 0 Å². The van der Waals surface area contributed by atoms with Crippen molar-refractivity contribution >= 4 is 42.1 Å². The van der Waals surface area contributed by atoms with Gasteiger partial charge in [-0.2, -0.15) is 20.2 Å². The molecule has 2 aromatic carbocycles. The molecule has 1 aromatic heterocycles. The Bertz CT molecular complexity index is 1330. The maximum Gasteiger partial charge on any atom is 0.225 e. The fourth-order valence-electron chi connectivity index (χ4n) is 2.50. The molecule has 2 N–H and O–H groups in total. The van der Waals surface area contributed by atoms with E-state index < -0.39 is 19.7 Å². The molecule has 0 amide bonds. The highest BCUT2D eigenvalue weighted by molar-refractivity contribution is 7.91. The average Bonchev–Trinajstić information content (AvgIpc) is 2.68. The summed E-state index contributed by atoms with van der Waals surface area (Å²) < 4.78 is 42.7. The number of azo groups is 1. The summed E-state index contributed by atoms with van der Waals surface area (Å²) in [5, 5.41) is 21.4. The SMILES string of the molecule is CN=Nc1c(S(C)(=O)=O)cc2ccccc2c1O.CNc1nc(C)nc(C)n1.CS(C)(=O)=O. The van der Waals surface area contributed by atoms with E-state index in [4.69, 9.17) is 0 Å². The van der Waals surface area contributed by atoms with Crippen molar-refractivity contribution < 1.29 is 21.9 Å². The molecule has 0 atom stereocenters. The van der Waals surface area contributed by atoms with Gasteiger partial charge in [-0.15, -0.1) is 0 Å². The second kappa shape index (κ2) is 11.6. The minimum absolute atomic E-state index is 0.0151. The summed E-state index contributed by atoms with van der Waals surface area (Å²) in [4.78, 5) is 12.0. The summed E-state index contributed by atoms with van der Waals surface area (Å²) in [6.45, 7) is 3.69. The third-order valence-electron chi connectivity index (χ3n) is 3.64. The number of phenols is 1. The highest BCUT2D eigenvalue weighted by atomic mass is 32.2. The summed E-state index contributed by atoms with van der Waals surface area (Å²) >= 11 is 0. The van der Waals surface area contributed by atoms with E-state index in [0.29, 0.717) is 16.7 Å². The molecule has 33 heavy (non-hydrogen) atoms. The Labute approximate surface area is 193 Å². The average molecular weight is 497 g/mol. The predicted molar refractivity (Wildman–Crippen MR) is 129 cm³/mol. The quantitative estimate of drug-likeness (QED) is 0.519. The zero-order valence-electron chi connectivity index (χ0n) is 19.5. The van der Waals surface area contributed by atoms with Gasteiger partial charge in [0.25, 0.3) is 0 Å². The lowest BCUT2D eigenvalue weighted by Gasteiger charge is -2.08. The smallest absolute Gasteiger partial charge is 0.225 e. The molecule has 0 saturated heterocycles. The number of hydrogen-bond acceptors (Lipinski definition) is 11. The van der Waals surface area contributed by atoms with Crippen molar-refractivity contribution in [2.75, 3.05) is 38.2 Å². The summed E-state index contributed by atoms with van der Waals surface area (Å²) in [5.74, 6) is 1.96. The molecular weight excluding hydrogens is 468 g/mol. The maximum absolute atomic E-state index is 11.7. The normalized spacial score (nSPS) is 11.4.